The number of carboxylic acids is 1. The molecule has 5 heteroatoms. The Morgan fingerprint density at radius 2 is 2.35 bits per heavy atom. The fraction of sp³-hybridized carbons (Fsp3) is 0.667. The van der Waals surface area contributed by atoms with Gasteiger partial charge in [0, 0.05) is 6.42 Å². The van der Waals surface area contributed by atoms with Crippen molar-refractivity contribution in [2.75, 3.05) is 0 Å². The predicted octanol–water partition coefficient (Wildman–Crippen LogP) is 1.03. The van der Waals surface area contributed by atoms with Crippen LogP contribution in [0.5, 0.6) is 0 Å². The van der Waals surface area contributed by atoms with E-state index in [4.69, 9.17) is 16.6 Å². The van der Waals surface area contributed by atoms with Crippen molar-refractivity contribution in [3.05, 3.63) is 12.2 Å². The molecule has 5 N–H and O–H groups in total. The third-order valence-electron chi connectivity index (χ3n) is 2.83. The van der Waals surface area contributed by atoms with E-state index in [0.29, 0.717) is 12.8 Å². The summed E-state index contributed by atoms with van der Waals surface area (Å²) in [6.07, 6.45) is 9.22. The Bertz CT molecular complexity index is 313. The molecule has 0 amide bonds. The van der Waals surface area contributed by atoms with Crippen LogP contribution < -0.4 is 11.5 Å². The molecule has 0 saturated heterocycles. The van der Waals surface area contributed by atoms with Gasteiger partial charge in [-0.25, -0.2) is 0 Å². The van der Waals surface area contributed by atoms with Crippen molar-refractivity contribution in [2.24, 2.45) is 16.5 Å². The molecule has 0 aromatic heterocycles. The lowest BCUT2D eigenvalue weighted by atomic mass is 10.1. The van der Waals surface area contributed by atoms with Gasteiger partial charge < -0.3 is 16.6 Å². The van der Waals surface area contributed by atoms with Gasteiger partial charge in [-0.05, 0) is 25.7 Å². The first-order valence-corrected chi connectivity index (χ1v) is 6.07. The number of nitrogens with two attached hydrogens (primary N) is 2. The molecule has 0 aromatic carbocycles. The average Bonchev–Trinajstić information content (AvgIpc) is 2.48. The Morgan fingerprint density at radius 3 is 3.06 bits per heavy atom. The zero-order valence-corrected chi connectivity index (χ0v) is 10.0. The van der Waals surface area contributed by atoms with Crippen LogP contribution in [-0.2, 0) is 4.79 Å². The van der Waals surface area contributed by atoms with E-state index in [2.05, 4.69) is 4.99 Å². The van der Waals surface area contributed by atoms with Gasteiger partial charge in [-0.3, -0.25) is 9.79 Å². The number of aliphatic imine (C=N–C) groups is 1. The zero-order chi connectivity index (χ0) is 12.7. The van der Waals surface area contributed by atoms with Crippen LogP contribution in [0.4, 0.5) is 0 Å². The molecule has 96 valence electrons. The average molecular weight is 239 g/mol. The SMILES string of the molecule is NC1=NC(/C=C/CCC(N)C(=O)O)CCCC1. The summed E-state index contributed by atoms with van der Waals surface area (Å²) in [5.74, 6) is -0.227. The molecule has 17 heavy (non-hydrogen) atoms. The highest BCUT2D eigenvalue weighted by Crippen LogP contribution is 2.13. The molecule has 1 heterocycles. The molecular formula is C12H21N3O2. The smallest absolute Gasteiger partial charge is 0.320 e. The molecule has 1 aliphatic rings. The first-order valence-electron chi connectivity index (χ1n) is 6.07. The summed E-state index contributed by atoms with van der Waals surface area (Å²) in [6.45, 7) is 0. The van der Waals surface area contributed by atoms with Crippen LogP contribution >= 0.6 is 0 Å². The monoisotopic (exact) mass is 239 g/mol. The van der Waals surface area contributed by atoms with Crippen LogP contribution in [0.3, 0.4) is 0 Å². The lowest BCUT2D eigenvalue weighted by molar-refractivity contribution is -0.138. The van der Waals surface area contributed by atoms with Crippen molar-refractivity contribution in [1.82, 2.24) is 0 Å². The molecule has 0 fully saturated rings. The second-order valence-electron chi connectivity index (χ2n) is 4.38. The van der Waals surface area contributed by atoms with Crippen LogP contribution in [0, 0.1) is 0 Å². The van der Waals surface area contributed by atoms with E-state index in [1.165, 1.54) is 0 Å². The van der Waals surface area contributed by atoms with Crippen LogP contribution in [0.1, 0.15) is 38.5 Å². The largest absolute Gasteiger partial charge is 0.480 e. The van der Waals surface area contributed by atoms with Gasteiger partial charge in [0.05, 0.1) is 11.9 Å². The standard InChI is InChI=1S/C12H21N3O2/c13-10(12(16)17)7-3-1-5-9-6-2-4-8-11(14)15-9/h1,5,9-10H,2-4,6-8,13H2,(H2,14,15)(H,16,17)/b5-1+. The van der Waals surface area contributed by atoms with Crippen LogP contribution in [0.25, 0.3) is 0 Å². The molecule has 1 rings (SSSR count). The summed E-state index contributed by atoms with van der Waals surface area (Å²) in [4.78, 5) is 14.9. The highest BCUT2D eigenvalue weighted by atomic mass is 16.4. The maximum Gasteiger partial charge on any atom is 0.320 e. The molecule has 2 unspecified atom stereocenters. The molecule has 0 radical (unpaired) electrons. The fourth-order valence-corrected chi connectivity index (χ4v) is 1.79. The predicted molar refractivity (Wildman–Crippen MR) is 67.9 cm³/mol. The van der Waals surface area contributed by atoms with E-state index in [0.717, 1.165) is 31.5 Å². The van der Waals surface area contributed by atoms with E-state index >= 15 is 0 Å². The molecule has 0 aliphatic carbocycles. The normalized spacial score (nSPS) is 23.1. The molecule has 0 spiro atoms. The van der Waals surface area contributed by atoms with Crippen LogP contribution in [0.2, 0.25) is 0 Å². The van der Waals surface area contributed by atoms with Gasteiger partial charge in [0.1, 0.15) is 6.04 Å². The molecule has 2 atom stereocenters. The Kier molecular flexibility index (Phi) is 5.69. The van der Waals surface area contributed by atoms with Crippen molar-refractivity contribution in [3.63, 3.8) is 0 Å². The number of nitrogens with zero attached hydrogens (tertiary/aromatic N) is 1. The third kappa shape index (κ3) is 5.49. The Morgan fingerprint density at radius 1 is 1.59 bits per heavy atom. The molecule has 0 saturated carbocycles. The van der Waals surface area contributed by atoms with Crippen LogP contribution in [0.15, 0.2) is 17.1 Å². The minimum Gasteiger partial charge on any atom is -0.480 e. The van der Waals surface area contributed by atoms with Gasteiger partial charge in [-0.1, -0.05) is 18.6 Å². The van der Waals surface area contributed by atoms with Gasteiger partial charge in [-0.2, -0.15) is 0 Å². The Balaban J connectivity index is 2.32. The summed E-state index contributed by atoms with van der Waals surface area (Å²) in [5.41, 5.74) is 11.1. The molecule has 0 bridgehead atoms. The first-order chi connectivity index (χ1) is 8.09. The van der Waals surface area contributed by atoms with E-state index in [1.807, 2.05) is 12.2 Å². The third-order valence-corrected chi connectivity index (χ3v) is 2.83. The molecule has 1 aliphatic heterocycles. The summed E-state index contributed by atoms with van der Waals surface area (Å²) in [5, 5.41) is 8.61. The lowest BCUT2D eigenvalue weighted by Gasteiger charge is -2.05. The summed E-state index contributed by atoms with van der Waals surface area (Å²) < 4.78 is 0. The quantitative estimate of drug-likeness (QED) is 0.624. The van der Waals surface area contributed by atoms with E-state index in [-0.39, 0.29) is 6.04 Å². The number of carbonyl (C=O) groups is 1. The minimum absolute atomic E-state index is 0.151. The molecule has 5 nitrogen and oxygen atoms in total. The summed E-state index contributed by atoms with van der Waals surface area (Å²) in [7, 11) is 0. The molecular weight excluding hydrogens is 218 g/mol. The number of amidine groups is 1. The number of aliphatic carboxylic acids is 1. The van der Waals surface area contributed by atoms with Crippen molar-refractivity contribution >= 4 is 11.8 Å². The maximum atomic E-state index is 10.5. The Labute approximate surface area is 102 Å². The number of allylic oxidation sites excluding steroid dienone is 1. The van der Waals surface area contributed by atoms with Gasteiger partial charge in [0.25, 0.3) is 0 Å². The summed E-state index contributed by atoms with van der Waals surface area (Å²) >= 11 is 0. The lowest BCUT2D eigenvalue weighted by Crippen LogP contribution is -2.29. The number of rotatable bonds is 5. The fourth-order valence-electron chi connectivity index (χ4n) is 1.79. The summed E-state index contributed by atoms with van der Waals surface area (Å²) in [6, 6.07) is -0.624. The van der Waals surface area contributed by atoms with Gasteiger partial charge >= 0.3 is 5.97 Å². The minimum atomic E-state index is -0.949. The number of hydrogen-bond donors (Lipinski definition) is 3. The first kappa shape index (κ1) is 13.7. The van der Waals surface area contributed by atoms with Crippen LogP contribution in [-0.4, -0.2) is 29.0 Å². The second-order valence-corrected chi connectivity index (χ2v) is 4.38. The van der Waals surface area contributed by atoms with E-state index in [9.17, 15) is 4.79 Å². The number of carboxylic acid groups (broad SMARTS) is 1. The van der Waals surface area contributed by atoms with Crippen molar-refractivity contribution in [2.45, 2.75) is 50.6 Å². The van der Waals surface area contributed by atoms with Crippen molar-refractivity contribution < 1.29 is 9.90 Å². The number of hydrogen-bond acceptors (Lipinski definition) is 4. The van der Waals surface area contributed by atoms with Gasteiger partial charge in [-0.15, -0.1) is 0 Å². The van der Waals surface area contributed by atoms with Gasteiger partial charge in [0.2, 0.25) is 0 Å². The highest BCUT2D eigenvalue weighted by molar-refractivity contribution is 5.80. The zero-order valence-electron chi connectivity index (χ0n) is 10.0. The van der Waals surface area contributed by atoms with E-state index in [1.54, 1.807) is 0 Å². The molecule has 0 aromatic rings. The van der Waals surface area contributed by atoms with Gasteiger partial charge in [0.15, 0.2) is 0 Å². The highest BCUT2D eigenvalue weighted by Gasteiger charge is 2.10. The Hall–Kier alpha value is -1.36. The second kappa shape index (κ2) is 7.06. The van der Waals surface area contributed by atoms with Crippen molar-refractivity contribution in [1.29, 1.82) is 0 Å². The van der Waals surface area contributed by atoms with Crippen molar-refractivity contribution in [3.8, 4) is 0 Å². The maximum absolute atomic E-state index is 10.5. The van der Waals surface area contributed by atoms with E-state index < -0.39 is 12.0 Å². The topological polar surface area (TPSA) is 102 Å².